The third-order valence-electron chi connectivity index (χ3n) is 6.71. The number of hydrogen-bond acceptors (Lipinski definition) is 7. The minimum Gasteiger partial charge on any atom is -0.396 e. The fourth-order valence-electron chi connectivity index (χ4n) is 4.72. The molecule has 0 amide bonds. The van der Waals surface area contributed by atoms with Gasteiger partial charge in [0.05, 0.1) is 21.5 Å². The highest BCUT2D eigenvalue weighted by Crippen LogP contribution is 2.39. The van der Waals surface area contributed by atoms with E-state index in [2.05, 4.69) is 42.7 Å². The predicted molar refractivity (Wildman–Crippen MR) is 132 cm³/mol. The maximum atomic E-state index is 9.58. The zero-order valence-corrected chi connectivity index (χ0v) is 19.8. The Morgan fingerprint density at radius 3 is 2.69 bits per heavy atom. The van der Waals surface area contributed by atoms with Crippen LogP contribution in [0.25, 0.3) is 20.8 Å². The number of aliphatic hydroxyl groups excluding tert-OH is 1. The summed E-state index contributed by atoms with van der Waals surface area (Å²) in [5.41, 5.74) is 4.38. The van der Waals surface area contributed by atoms with Crippen LogP contribution in [0.15, 0.2) is 18.2 Å². The molecule has 0 radical (unpaired) electrons. The van der Waals surface area contributed by atoms with Crippen molar-refractivity contribution in [1.82, 2.24) is 15.0 Å². The quantitative estimate of drug-likeness (QED) is 0.403. The normalized spacial score (nSPS) is 20.7. The summed E-state index contributed by atoms with van der Waals surface area (Å²) in [7, 11) is 0. The fraction of sp³-hybridized carbons (Fsp3) is 0.560. The van der Waals surface area contributed by atoms with Crippen molar-refractivity contribution in [2.45, 2.75) is 64.8 Å². The summed E-state index contributed by atoms with van der Waals surface area (Å²) >= 11 is 1.72. The Kier molecular flexibility index (Phi) is 6.28. The van der Waals surface area contributed by atoms with Crippen molar-refractivity contribution in [2.24, 2.45) is 11.8 Å². The summed E-state index contributed by atoms with van der Waals surface area (Å²) in [6.07, 6.45) is 7.83. The number of para-hydroxylation sites is 1. The number of anilines is 2. The van der Waals surface area contributed by atoms with E-state index in [1.165, 1.54) is 23.1 Å². The van der Waals surface area contributed by atoms with E-state index in [1.54, 1.807) is 11.3 Å². The van der Waals surface area contributed by atoms with Gasteiger partial charge in [0, 0.05) is 19.2 Å². The molecule has 2 unspecified atom stereocenters. The van der Waals surface area contributed by atoms with Crippen molar-refractivity contribution in [3.8, 4) is 10.6 Å². The molecule has 2 saturated carbocycles. The Bertz CT molecular complexity index is 1090. The molecular weight excluding hydrogens is 418 g/mol. The molecule has 0 aliphatic heterocycles. The molecule has 2 aliphatic rings. The minimum atomic E-state index is 0.264. The van der Waals surface area contributed by atoms with Crippen LogP contribution >= 0.6 is 11.3 Å². The van der Waals surface area contributed by atoms with E-state index in [-0.39, 0.29) is 6.61 Å². The lowest BCUT2D eigenvalue weighted by atomic mass is 10.1. The Hall–Kier alpha value is -2.25. The number of rotatable bonds is 9. The van der Waals surface area contributed by atoms with Crippen molar-refractivity contribution in [3.63, 3.8) is 0 Å². The van der Waals surface area contributed by atoms with Gasteiger partial charge in [-0.25, -0.2) is 9.97 Å². The van der Waals surface area contributed by atoms with Crippen molar-refractivity contribution >= 4 is 33.3 Å². The van der Waals surface area contributed by atoms with Gasteiger partial charge < -0.3 is 15.7 Å². The standard InChI is InChI=1S/C25H33N5OS/c1-3-5-18-6-4-7-20-22(18)29-24(32-20)21-15(2)27-25(26-13-16-8-9-16)30-23(21)28-19-11-10-17(12-19)14-31/h4,6-7,16-17,19,31H,3,5,8-14H2,1-2H3,(H2,26,27,28,30). The first-order chi connectivity index (χ1) is 15.6. The molecule has 170 valence electrons. The molecule has 2 heterocycles. The Balaban J connectivity index is 1.52. The number of fused-ring (bicyclic) bond motifs is 1. The molecule has 6 nitrogen and oxygen atoms in total. The number of hydrogen-bond donors (Lipinski definition) is 3. The molecule has 2 atom stereocenters. The van der Waals surface area contributed by atoms with Crippen LogP contribution in [0.1, 0.15) is 56.7 Å². The van der Waals surface area contributed by atoms with Crippen molar-refractivity contribution in [1.29, 1.82) is 0 Å². The zero-order valence-electron chi connectivity index (χ0n) is 19.0. The first-order valence-corrected chi connectivity index (χ1v) is 12.8. The molecule has 2 aromatic heterocycles. The van der Waals surface area contributed by atoms with Crippen LogP contribution in [-0.2, 0) is 6.42 Å². The van der Waals surface area contributed by atoms with Crippen LogP contribution in [0.4, 0.5) is 11.8 Å². The van der Waals surface area contributed by atoms with Crippen LogP contribution < -0.4 is 10.6 Å². The molecule has 2 fully saturated rings. The number of nitrogens with one attached hydrogen (secondary N) is 2. The first kappa shape index (κ1) is 21.6. The van der Waals surface area contributed by atoms with Gasteiger partial charge in [-0.3, -0.25) is 0 Å². The van der Waals surface area contributed by atoms with Gasteiger partial charge >= 0.3 is 0 Å². The van der Waals surface area contributed by atoms with Crippen LogP contribution in [0.5, 0.6) is 0 Å². The van der Waals surface area contributed by atoms with Crippen LogP contribution in [-0.4, -0.2) is 39.3 Å². The van der Waals surface area contributed by atoms with E-state index in [1.807, 2.05) is 0 Å². The monoisotopic (exact) mass is 451 g/mol. The van der Waals surface area contributed by atoms with E-state index >= 15 is 0 Å². The van der Waals surface area contributed by atoms with E-state index < -0.39 is 0 Å². The highest BCUT2D eigenvalue weighted by molar-refractivity contribution is 7.21. The summed E-state index contributed by atoms with van der Waals surface area (Å²) in [4.78, 5) is 14.8. The van der Waals surface area contributed by atoms with Gasteiger partial charge in [-0.05, 0) is 68.9 Å². The molecule has 0 saturated heterocycles. The Morgan fingerprint density at radius 2 is 1.94 bits per heavy atom. The molecule has 1 aromatic carbocycles. The molecule has 0 spiro atoms. The molecule has 7 heteroatoms. The zero-order chi connectivity index (χ0) is 22.1. The van der Waals surface area contributed by atoms with E-state index in [4.69, 9.17) is 15.0 Å². The summed E-state index contributed by atoms with van der Waals surface area (Å²) in [5, 5.41) is 17.7. The second kappa shape index (κ2) is 9.32. The van der Waals surface area contributed by atoms with Gasteiger partial charge in [0.25, 0.3) is 0 Å². The Morgan fingerprint density at radius 1 is 1.09 bits per heavy atom. The number of aryl methyl sites for hydroxylation is 2. The summed E-state index contributed by atoms with van der Waals surface area (Å²) in [5.74, 6) is 2.71. The molecule has 2 aliphatic carbocycles. The van der Waals surface area contributed by atoms with Crippen LogP contribution in [0, 0.1) is 18.8 Å². The van der Waals surface area contributed by atoms with Gasteiger partial charge in [0.1, 0.15) is 10.8 Å². The second-order valence-electron chi connectivity index (χ2n) is 9.42. The fourth-order valence-corrected chi connectivity index (χ4v) is 5.83. The molecular formula is C25H33N5OS. The number of thiazole rings is 1. The Labute approximate surface area is 193 Å². The third kappa shape index (κ3) is 4.59. The minimum absolute atomic E-state index is 0.264. The van der Waals surface area contributed by atoms with Gasteiger partial charge in [-0.1, -0.05) is 25.5 Å². The van der Waals surface area contributed by atoms with Gasteiger partial charge in [0.15, 0.2) is 0 Å². The predicted octanol–water partition coefficient (Wildman–Crippen LogP) is 5.41. The maximum Gasteiger partial charge on any atom is 0.224 e. The number of aliphatic hydroxyl groups is 1. The molecule has 32 heavy (non-hydrogen) atoms. The topological polar surface area (TPSA) is 83.0 Å². The van der Waals surface area contributed by atoms with Crippen molar-refractivity contribution in [3.05, 3.63) is 29.5 Å². The lowest BCUT2D eigenvalue weighted by Crippen LogP contribution is -2.19. The highest BCUT2D eigenvalue weighted by Gasteiger charge is 2.27. The highest BCUT2D eigenvalue weighted by atomic mass is 32.1. The largest absolute Gasteiger partial charge is 0.396 e. The number of nitrogens with zero attached hydrogens (tertiary/aromatic N) is 3. The smallest absolute Gasteiger partial charge is 0.224 e. The lowest BCUT2D eigenvalue weighted by molar-refractivity contribution is 0.229. The van der Waals surface area contributed by atoms with Crippen LogP contribution in [0.2, 0.25) is 0 Å². The maximum absolute atomic E-state index is 9.58. The summed E-state index contributed by atoms with van der Waals surface area (Å²) in [6, 6.07) is 6.81. The average molecular weight is 452 g/mol. The van der Waals surface area contributed by atoms with Crippen molar-refractivity contribution in [2.75, 3.05) is 23.8 Å². The van der Waals surface area contributed by atoms with Gasteiger partial charge in [0.2, 0.25) is 5.95 Å². The lowest BCUT2D eigenvalue weighted by Gasteiger charge is -2.18. The van der Waals surface area contributed by atoms with Gasteiger partial charge in [-0.15, -0.1) is 11.3 Å². The second-order valence-corrected chi connectivity index (χ2v) is 10.4. The SMILES string of the molecule is CCCc1cccc2sc(-c3c(C)nc(NCC4CC4)nc3NC3CCC(CO)C3)nc12. The summed E-state index contributed by atoms with van der Waals surface area (Å²) < 4.78 is 1.22. The first-order valence-electron chi connectivity index (χ1n) is 12.0. The van der Waals surface area contributed by atoms with E-state index in [0.717, 1.165) is 72.2 Å². The van der Waals surface area contributed by atoms with Gasteiger partial charge in [-0.2, -0.15) is 4.98 Å². The average Bonchev–Trinajstić information content (AvgIpc) is 3.33. The molecule has 3 N–H and O–H groups in total. The summed E-state index contributed by atoms with van der Waals surface area (Å²) in [6.45, 7) is 5.48. The molecule has 3 aromatic rings. The number of aromatic nitrogens is 3. The van der Waals surface area contributed by atoms with E-state index in [9.17, 15) is 5.11 Å². The molecule has 0 bridgehead atoms. The van der Waals surface area contributed by atoms with Crippen molar-refractivity contribution < 1.29 is 5.11 Å². The third-order valence-corrected chi connectivity index (χ3v) is 7.75. The van der Waals surface area contributed by atoms with E-state index in [0.29, 0.717) is 17.9 Å². The molecule has 5 rings (SSSR count). The number of benzene rings is 1. The van der Waals surface area contributed by atoms with Crippen LogP contribution in [0.3, 0.4) is 0 Å².